The number of ether oxygens (including phenoxy) is 2. The largest absolute Gasteiger partial charge is 0.452 e. The van der Waals surface area contributed by atoms with E-state index in [1.807, 2.05) is 30.3 Å². The van der Waals surface area contributed by atoms with Crippen molar-refractivity contribution in [2.24, 2.45) is 0 Å². The van der Waals surface area contributed by atoms with E-state index in [1.54, 1.807) is 0 Å². The Balaban J connectivity index is 1.47. The van der Waals surface area contributed by atoms with E-state index in [-0.39, 0.29) is 43.7 Å². The predicted octanol–water partition coefficient (Wildman–Crippen LogP) is 2.86. The first-order chi connectivity index (χ1) is 14.9. The van der Waals surface area contributed by atoms with Crippen LogP contribution in [0.2, 0.25) is 0 Å². The van der Waals surface area contributed by atoms with Gasteiger partial charge in [0.15, 0.2) is 12.4 Å². The van der Waals surface area contributed by atoms with Crippen LogP contribution in [0.5, 0.6) is 0 Å². The number of nitrogens with zero attached hydrogens (tertiary/aromatic N) is 2. The zero-order valence-electron chi connectivity index (χ0n) is 16.4. The van der Waals surface area contributed by atoms with E-state index >= 15 is 0 Å². The molecule has 162 valence electrons. The molecule has 4 rings (SSSR count). The van der Waals surface area contributed by atoms with Crippen LogP contribution in [0.4, 0.5) is 4.39 Å². The van der Waals surface area contributed by atoms with Gasteiger partial charge in [0.05, 0.1) is 29.9 Å². The molecule has 0 bridgehead atoms. The summed E-state index contributed by atoms with van der Waals surface area (Å²) >= 11 is 0. The number of esters is 1. The van der Waals surface area contributed by atoms with Crippen molar-refractivity contribution in [3.05, 3.63) is 72.0 Å². The molecule has 1 aromatic heterocycles. The maximum Gasteiger partial charge on any atom is 0.341 e. The van der Waals surface area contributed by atoms with Gasteiger partial charge < -0.3 is 13.9 Å². The molecule has 0 spiro atoms. The first-order valence-electron chi connectivity index (χ1n) is 9.50. The fourth-order valence-corrected chi connectivity index (χ4v) is 4.51. The third-order valence-corrected chi connectivity index (χ3v) is 6.60. The lowest BCUT2D eigenvalue weighted by Gasteiger charge is -2.26. The summed E-state index contributed by atoms with van der Waals surface area (Å²) < 4.78 is 56.8. The molecular weight excluding hydrogens is 427 g/mol. The number of carbonyl (C=O) groups is 1. The van der Waals surface area contributed by atoms with Gasteiger partial charge in [-0.15, -0.1) is 0 Å². The summed E-state index contributed by atoms with van der Waals surface area (Å²) in [5, 5.41) is 0. The van der Waals surface area contributed by atoms with Crippen LogP contribution in [0.25, 0.3) is 11.3 Å². The van der Waals surface area contributed by atoms with Crippen molar-refractivity contribution in [2.45, 2.75) is 11.5 Å². The summed E-state index contributed by atoms with van der Waals surface area (Å²) in [5.41, 5.74) is 0.323. The minimum Gasteiger partial charge on any atom is -0.452 e. The van der Waals surface area contributed by atoms with Gasteiger partial charge in [0.25, 0.3) is 0 Å². The van der Waals surface area contributed by atoms with Gasteiger partial charge in [-0.1, -0.05) is 30.3 Å². The lowest BCUT2D eigenvalue weighted by molar-refractivity contribution is 0.0433. The fourth-order valence-electron chi connectivity index (χ4n) is 3.08. The second-order valence-electron chi connectivity index (χ2n) is 6.72. The molecule has 0 saturated carbocycles. The van der Waals surface area contributed by atoms with Gasteiger partial charge >= 0.3 is 5.97 Å². The van der Waals surface area contributed by atoms with Crippen molar-refractivity contribution >= 4 is 16.0 Å². The lowest BCUT2D eigenvalue weighted by Crippen LogP contribution is -2.40. The molecule has 1 aliphatic rings. The predicted molar refractivity (Wildman–Crippen MR) is 107 cm³/mol. The molecule has 1 saturated heterocycles. The van der Waals surface area contributed by atoms with Crippen LogP contribution in [0, 0.1) is 5.82 Å². The first kappa shape index (κ1) is 21.2. The first-order valence-corrected chi connectivity index (χ1v) is 10.9. The average molecular weight is 446 g/mol. The van der Waals surface area contributed by atoms with Crippen LogP contribution < -0.4 is 0 Å². The van der Waals surface area contributed by atoms with Crippen molar-refractivity contribution in [2.75, 3.05) is 26.3 Å². The highest BCUT2D eigenvalue weighted by molar-refractivity contribution is 7.89. The minimum absolute atomic E-state index is 0.129. The highest BCUT2D eigenvalue weighted by Crippen LogP contribution is 2.22. The molecule has 0 amide bonds. The zero-order chi connectivity index (χ0) is 21.8. The van der Waals surface area contributed by atoms with Gasteiger partial charge in [0, 0.05) is 18.7 Å². The Morgan fingerprint density at radius 1 is 1.13 bits per heavy atom. The van der Waals surface area contributed by atoms with Crippen LogP contribution >= 0.6 is 0 Å². The van der Waals surface area contributed by atoms with Gasteiger partial charge in [-0.05, 0) is 18.2 Å². The summed E-state index contributed by atoms with van der Waals surface area (Å²) in [6.45, 7) is 0.596. The normalized spacial score (nSPS) is 15.0. The molecule has 1 aliphatic heterocycles. The Labute approximate surface area is 178 Å². The molecule has 0 radical (unpaired) electrons. The lowest BCUT2D eigenvalue weighted by atomic mass is 10.2. The Bertz CT molecular complexity index is 1170. The quantitative estimate of drug-likeness (QED) is 0.537. The summed E-state index contributed by atoms with van der Waals surface area (Å²) in [6.07, 6.45) is 1.49. The molecule has 0 aliphatic carbocycles. The summed E-state index contributed by atoms with van der Waals surface area (Å²) in [5.74, 6) is -1.28. The summed E-state index contributed by atoms with van der Waals surface area (Å²) in [7, 11) is -3.88. The second-order valence-corrected chi connectivity index (χ2v) is 8.66. The maximum atomic E-state index is 14.2. The summed E-state index contributed by atoms with van der Waals surface area (Å²) in [6, 6.07) is 12.3. The number of sulfonamides is 1. The van der Waals surface area contributed by atoms with Crippen LogP contribution in [-0.4, -0.2) is 50.0 Å². The van der Waals surface area contributed by atoms with Gasteiger partial charge in [0.2, 0.25) is 15.9 Å². The molecule has 1 fully saturated rings. The van der Waals surface area contributed by atoms with E-state index in [4.69, 9.17) is 13.9 Å². The molecule has 31 heavy (non-hydrogen) atoms. The van der Waals surface area contributed by atoms with Crippen molar-refractivity contribution in [1.29, 1.82) is 0 Å². The van der Waals surface area contributed by atoms with E-state index in [1.165, 1.54) is 10.5 Å². The third-order valence-electron chi connectivity index (χ3n) is 4.70. The number of benzene rings is 2. The zero-order valence-corrected chi connectivity index (χ0v) is 17.2. The van der Waals surface area contributed by atoms with Crippen molar-refractivity contribution in [3.63, 3.8) is 0 Å². The molecule has 0 atom stereocenters. The van der Waals surface area contributed by atoms with Crippen LogP contribution in [0.1, 0.15) is 16.2 Å². The molecule has 0 unspecified atom stereocenters. The number of hydrogen-bond donors (Lipinski definition) is 0. The number of carbonyl (C=O) groups excluding carboxylic acids is 1. The highest BCUT2D eigenvalue weighted by atomic mass is 32.2. The van der Waals surface area contributed by atoms with Gasteiger partial charge in [-0.2, -0.15) is 4.31 Å². The van der Waals surface area contributed by atoms with E-state index in [0.717, 1.165) is 23.8 Å². The Morgan fingerprint density at radius 2 is 1.87 bits per heavy atom. The van der Waals surface area contributed by atoms with Gasteiger partial charge in [-0.3, -0.25) is 0 Å². The topological polar surface area (TPSA) is 98.9 Å². The van der Waals surface area contributed by atoms with E-state index in [0.29, 0.717) is 5.76 Å². The Morgan fingerprint density at radius 3 is 2.61 bits per heavy atom. The number of hydrogen-bond acceptors (Lipinski definition) is 7. The van der Waals surface area contributed by atoms with Gasteiger partial charge in [-0.25, -0.2) is 22.6 Å². The Hall–Kier alpha value is -3.08. The minimum atomic E-state index is -3.88. The number of morpholine rings is 1. The molecule has 2 heterocycles. The smallest absolute Gasteiger partial charge is 0.341 e. The van der Waals surface area contributed by atoms with Gasteiger partial charge in [0.1, 0.15) is 5.82 Å². The van der Waals surface area contributed by atoms with Crippen LogP contribution in [0.3, 0.4) is 0 Å². The second kappa shape index (κ2) is 8.96. The van der Waals surface area contributed by atoms with Crippen molar-refractivity contribution in [1.82, 2.24) is 9.29 Å². The average Bonchev–Trinajstić information content (AvgIpc) is 3.28. The number of aromatic nitrogens is 1. The van der Waals surface area contributed by atoms with Crippen molar-refractivity contribution < 1.29 is 31.5 Å². The SMILES string of the molecule is O=C(OCc1ncc(-c2ccccc2)o1)c1cc(S(=O)(=O)N2CCOCC2)ccc1F. The highest BCUT2D eigenvalue weighted by Gasteiger charge is 2.28. The maximum absolute atomic E-state index is 14.2. The molecule has 3 aromatic rings. The fraction of sp³-hybridized carbons (Fsp3) is 0.238. The molecule has 2 aromatic carbocycles. The van der Waals surface area contributed by atoms with E-state index in [9.17, 15) is 17.6 Å². The van der Waals surface area contributed by atoms with E-state index < -0.39 is 27.4 Å². The van der Waals surface area contributed by atoms with E-state index in [2.05, 4.69) is 4.98 Å². The van der Waals surface area contributed by atoms with Crippen LogP contribution in [0.15, 0.2) is 64.0 Å². The molecule has 10 heteroatoms. The van der Waals surface area contributed by atoms with Crippen LogP contribution in [-0.2, 0) is 26.1 Å². The Kier molecular flexibility index (Phi) is 6.12. The number of halogens is 1. The molecular formula is C21H19FN2O6S. The number of oxazole rings is 1. The molecule has 8 nitrogen and oxygen atoms in total. The van der Waals surface area contributed by atoms with Crippen molar-refractivity contribution in [3.8, 4) is 11.3 Å². The number of rotatable bonds is 6. The standard InChI is InChI=1S/C21H19FN2O6S/c22-18-7-6-16(31(26,27)24-8-10-28-11-9-24)12-17(18)21(25)29-14-20-23-13-19(30-20)15-4-2-1-3-5-15/h1-7,12-13H,8-11,14H2. The third kappa shape index (κ3) is 4.66. The monoisotopic (exact) mass is 446 g/mol. The summed E-state index contributed by atoms with van der Waals surface area (Å²) in [4.78, 5) is 16.3. The molecule has 0 N–H and O–H groups in total.